The van der Waals surface area contributed by atoms with Gasteiger partial charge in [0.2, 0.25) is 5.91 Å². The van der Waals surface area contributed by atoms with Gasteiger partial charge in [0.1, 0.15) is 0 Å². The SMILES string of the molecule is CCCCC/C=C\C/C=C\CCCCCCCC(=O)OCCCCCCCC/C=C\CCCCCC(=O)NC(CO)C(O)CCCCCCCCCCCCCCCCCCCCCCCCC. The molecule has 6 nitrogen and oxygen atoms in total. The summed E-state index contributed by atoms with van der Waals surface area (Å²) in [6, 6.07) is -0.564. The van der Waals surface area contributed by atoms with E-state index in [9.17, 15) is 19.8 Å². The van der Waals surface area contributed by atoms with Crippen molar-refractivity contribution in [1.29, 1.82) is 0 Å². The molecule has 0 aromatic carbocycles. The first kappa shape index (κ1) is 66.1. The normalized spacial score (nSPS) is 12.8. The van der Waals surface area contributed by atoms with Gasteiger partial charge in [-0.1, -0.05) is 262 Å². The topological polar surface area (TPSA) is 95.9 Å². The van der Waals surface area contributed by atoms with Gasteiger partial charge in [-0.15, -0.1) is 0 Å². The molecule has 0 aliphatic heterocycles. The van der Waals surface area contributed by atoms with Gasteiger partial charge >= 0.3 is 5.97 Å². The molecule has 6 heteroatoms. The number of aliphatic hydroxyl groups is 2. The van der Waals surface area contributed by atoms with Crippen LogP contribution in [0.3, 0.4) is 0 Å². The molecule has 0 saturated heterocycles. The molecule has 0 aliphatic carbocycles. The van der Waals surface area contributed by atoms with Crippen molar-refractivity contribution in [3.05, 3.63) is 36.5 Å². The summed E-state index contributed by atoms with van der Waals surface area (Å²) in [6.07, 6.45) is 71.4. The molecule has 1 amide bonds. The number of allylic oxidation sites excluding steroid dienone is 6. The van der Waals surface area contributed by atoms with Crippen LogP contribution in [0.1, 0.15) is 322 Å². The zero-order valence-electron chi connectivity index (χ0n) is 45.6. The van der Waals surface area contributed by atoms with Gasteiger partial charge in [0, 0.05) is 12.8 Å². The standard InChI is InChI=1S/C62H117NO5/c1-3-5-7-9-11-13-15-17-19-20-21-22-23-24-25-26-28-30-34-38-42-46-50-54-60(65)59(58-64)63-61(66)55-51-47-43-39-35-31-29-33-37-41-45-49-53-57-68-62(67)56-52-48-44-40-36-32-27-18-16-14-12-10-8-6-4-2/h12,14,18,27,31,35,59-60,64-65H,3-11,13,15-17,19-26,28-30,32-34,36-58H2,1-2H3,(H,63,66)/b14-12-,27-18-,35-31-. The fraction of sp³-hybridized carbons (Fsp3) is 0.871. The van der Waals surface area contributed by atoms with Gasteiger partial charge in [0.15, 0.2) is 0 Å². The van der Waals surface area contributed by atoms with Crippen molar-refractivity contribution in [2.45, 2.75) is 334 Å². The molecule has 2 unspecified atom stereocenters. The van der Waals surface area contributed by atoms with Crippen LogP contribution in [-0.4, -0.2) is 47.4 Å². The Morgan fingerprint density at radius 1 is 0.412 bits per heavy atom. The van der Waals surface area contributed by atoms with Crippen LogP contribution in [-0.2, 0) is 14.3 Å². The molecule has 0 radical (unpaired) electrons. The lowest BCUT2D eigenvalue weighted by atomic mass is 10.0. The highest BCUT2D eigenvalue weighted by atomic mass is 16.5. The van der Waals surface area contributed by atoms with Crippen molar-refractivity contribution < 1.29 is 24.5 Å². The smallest absolute Gasteiger partial charge is 0.305 e. The molecule has 0 fully saturated rings. The highest BCUT2D eigenvalue weighted by Gasteiger charge is 2.20. The lowest BCUT2D eigenvalue weighted by Crippen LogP contribution is -2.45. The number of ether oxygens (including phenoxy) is 1. The fourth-order valence-corrected chi connectivity index (χ4v) is 9.25. The number of carbonyl (C=O) groups excluding carboxylic acids is 2. The highest BCUT2D eigenvalue weighted by molar-refractivity contribution is 5.76. The van der Waals surface area contributed by atoms with Crippen molar-refractivity contribution in [1.82, 2.24) is 5.32 Å². The second-order valence-electron chi connectivity index (χ2n) is 20.7. The third kappa shape index (κ3) is 53.4. The van der Waals surface area contributed by atoms with Crippen molar-refractivity contribution in [3.63, 3.8) is 0 Å². The zero-order valence-corrected chi connectivity index (χ0v) is 45.6. The quantitative estimate of drug-likeness (QED) is 0.0321. The van der Waals surface area contributed by atoms with Gasteiger partial charge < -0.3 is 20.3 Å². The number of hydrogen-bond acceptors (Lipinski definition) is 5. The average molecular weight is 957 g/mol. The van der Waals surface area contributed by atoms with Crippen LogP contribution in [0.25, 0.3) is 0 Å². The molecule has 0 aliphatic rings. The van der Waals surface area contributed by atoms with Gasteiger partial charge in [-0.2, -0.15) is 0 Å². The summed E-state index contributed by atoms with van der Waals surface area (Å²) in [5.41, 5.74) is 0. The predicted octanol–water partition coefficient (Wildman–Crippen LogP) is 18.8. The van der Waals surface area contributed by atoms with Gasteiger partial charge in [0.05, 0.1) is 25.4 Å². The second-order valence-corrected chi connectivity index (χ2v) is 20.7. The number of carbonyl (C=O) groups is 2. The molecule has 0 spiro atoms. The Hall–Kier alpha value is -1.92. The van der Waals surface area contributed by atoms with Gasteiger partial charge in [0.25, 0.3) is 0 Å². The summed E-state index contributed by atoms with van der Waals surface area (Å²) in [6.45, 7) is 4.89. The number of rotatable bonds is 56. The summed E-state index contributed by atoms with van der Waals surface area (Å²) in [5.74, 6) is -0.0892. The van der Waals surface area contributed by atoms with Crippen molar-refractivity contribution in [3.8, 4) is 0 Å². The lowest BCUT2D eigenvalue weighted by Gasteiger charge is -2.22. The Kier molecular flexibility index (Phi) is 56.0. The summed E-state index contributed by atoms with van der Waals surface area (Å²) < 4.78 is 5.46. The summed E-state index contributed by atoms with van der Waals surface area (Å²) in [4.78, 5) is 24.6. The van der Waals surface area contributed by atoms with E-state index in [0.717, 1.165) is 83.5 Å². The van der Waals surface area contributed by atoms with Gasteiger partial charge in [-0.25, -0.2) is 0 Å². The van der Waals surface area contributed by atoms with E-state index in [4.69, 9.17) is 4.74 Å². The molecule has 0 bridgehead atoms. The Labute approximate surface area is 424 Å². The van der Waals surface area contributed by atoms with Crippen LogP contribution < -0.4 is 5.32 Å². The number of aliphatic hydroxyl groups excluding tert-OH is 2. The Morgan fingerprint density at radius 3 is 1.18 bits per heavy atom. The molecular weight excluding hydrogens is 839 g/mol. The van der Waals surface area contributed by atoms with Crippen LogP contribution >= 0.6 is 0 Å². The molecule has 68 heavy (non-hydrogen) atoms. The van der Waals surface area contributed by atoms with E-state index >= 15 is 0 Å². The van der Waals surface area contributed by atoms with E-state index < -0.39 is 12.1 Å². The molecule has 3 N–H and O–H groups in total. The summed E-state index contributed by atoms with van der Waals surface area (Å²) in [5, 5.41) is 23.3. The largest absolute Gasteiger partial charge is 0.466 e. The monoisotopic (exact) mass is 956 g/mol. The van der Waals surface area contributed by atoms with E-state index in [1.165, 1.54) is 205 Å². The van der Waals surface area contributed by atoms with Crippen molar-refractivity contribution in [2.75, 3.05) is 13.2 Å². The highest BCUT2D eigenvalue weighted by Crippen LogP contribution is 2.17. The number of nitrogens with one attached hydrogen (secondary N) is 1. The van der Waals surface area contributed by atoms with Crippen LogP contribution in [0, 0.1) is 0 Å². The minimum Gasteiger partial charge on any atom is -0.466 e. The van der Waals surface area contributed by atoms with E-state index in [1.807, 2.05) is 0 Å². The molecule has 0 rings (SSSR count). The maximum Gasteiger partial charge on any atom is 0.305 e. The third-order valence-corrected chi connectivity index (χ3v) is 13.9. The van der Waals surface area contributed by atoms with Crippen molar-refractivity contribution in [2.24, 2.45) is 0 Å². The van der Waals surface area contributed by atoms with E-state index in [-0.39, 0.29) is 18.5 Å². The molecule has 400 valence electrons. The second kappa shape index (κ2) is 57.7. The summed E-state index contributed by atoms with van der Waals surface area (Å²) >= 11 is 0. The number of esters is 1. The van der Waals surface area contributed by atoms with E-state index in [1.54, 1.807) is 0 Å². The molecule has 0 aromatic heterocycles. The first-order chi connectivity index (χ1) is 33.5. The molecule has 0 saturated carbocycles. The predicted molar refractivity (Wildman–Crippen MR) is 296 cm³/mol. The minimum atomic E-state index is -0.684. The first-order valence-corrected chi connectivity index (χ1v) is 30.2. The Bertz CT molecular complexity index is 1100. The van der Waals surface area contributed by atoms with E-state index in [0.29, 0.717) is 25.9 Å². The average Bonchev–Trinajstić information content (AvgIpc) is 3.34. The summed E-state index contributed by atoms with van der Waals surface area (Å²) in [7, 11) is 0. The van der Waals surface area contributed by atoms with Crippen LogP contribution in [0.2, 0.25) is 0 Å². The molecule has 2 atom stereocenters. The fourth-order valence-electron chi connectivity index (χ4n) is 9.25. The Morgan fingerprint density at radius 2 is 0.735 bits per heavy atom. The van der Waals surface area contributed by atoms with Gasteiger partial charge in [-0.05, 0) is 83.5 Å². The zero-order chi connectivity index (χ0) is 49.3. The van der Waals surface area contributed by atoms with Crippen LogP contribution in [0.15, 0.2) is 36.5 Å². The van der Waals surface area contributed by atoms with Crippen LogP contribution in [0.4, 0.5) is 0 Å². The Balaban J connectivity index is 3.49. The van der Waals surface area contributed by atoms with Crippen molar-refractivity contribution >= 4 is 11.9 Å². The maximum absolute atomic E-state index is 12.5. The maximum atomic E-state index is 12.5. The van der Waals surface area contributed by atoms with Gasteiger partial charge in [-0.3, -0.25) is 9.59 Å². The number of unbranched alkanes of at least 4 members (excludes halogenated alkanes) is 39. The minimum absolute atomic E-state index is 0.0261. The molecular formula is C62H117NO5. The first-order valence-electron chi connectivity index (χ1n) is 30.2. The molecule has 0 heterocycles. The number of hydrogen-bond donors (Lipinski definition) is 3. The third-order valence-electron chi connectivity index (χ3n) is 13.9. The number of amides is 1. The lowest BCUT2D eigenvalue weighted by molar-refractivity contribution is -0.143. The molecule has 0 aromatic rings. The van der Waals surface area contributed by atoms with Crippen LogP contribution in [0.5, 0.6) is 0 Å². The van der Waals surface area contributed by atoms with E-state index in [2.05, 4.69) is 55.6 Å².